The third-order valence-corrected chi connectivity index (χ3v) is 8.33. The van der Waals surface area contributed by atoms with Crippen molar-refractivity contribution in [3.05, 3.63) is 85.1 Å². The van der Waals surface area contributed by atoms with Crippen molar-refractivity contribution in [1.82, 2.24) is 0 Å². The van der Waals surface area contributed by atoms with E-state index in [4.69, 9.17) is 20.3 Å². The average molecular weight is 618 g/mol. The van der Waals surface area contributed by atoms with Crippen LogP contribution in [0.2, 0.25) is 0 Å². The summed E-state index contributed by atoms with van der Waals surface area (Å²) < 4.78 is 2.88. The molecule has 0 fully saturated rings. The van der Waals surface area contributed by atoms with E-state index < -0.39 is 7.12 Å². The number of rotatable bonds is 2. The number of phenols is 2. The van der Waals surface area contributed by atoms with Gasteiger partial charge in [-0.2, -0.15) is 0 Å². The Morgan fingerprint density at radius 2 is 1.21 bits per heavy atom. The average Bonchev–Trinajstić information content (AvgIpc) is 3.38. The van der Waals surface area contributed by atoms with Crippen LogP contribution in [0.3, 0.4) is 0 Å². The summed E-state index contributed by atoms with van der Waals surface area (Å²) >= 11 is 3.54. The van der Waals surface area contributed by atoms with Crippen molar-refractivity contribution >= 4 is 64.2 Å². The molecule has 0 atom stereocenters. The summed E-state index contributed by atoms with van der Waals surface area (Å²) in [6.07, 6.45) is 0. The van der Waals surface area contributed by atoms with Crippen LogP contribution < -0.4 is 5.46 Å². The number of phenolic OH excluding ortho intramolecular Hbond substituents is 2. The van der Waals surface area contributed by atoms with Crippen LogP contribution in [0.15, 0.2) is 82.7 Å². The second kappa shape index (κ2) is 12.3. The van der Waals surface area contributed by atoms with Crippen molar-refractivity contribution in [2.24, 2.45) is 0 Å². The van der Waals surface area contributed by atoms with E-state index in [0.717, 1.165) is 0 Å². The molecule has 144 valence electrons. The van der Waals surface area contributed by atoms with Gasteiger partial charge in [0.2, 0.25) is 0 Å². The first-order valence-corrected chi connectivity index (χ1v) is 12.9. The van der Waals surface area contributed by atoms with Gasteiger partial charge in [0.1, 0.15) is 5.75 Å². The van der Waals surface area contributed by atoms with Crippen LogP contribution >= 0.6 is 22.6 Å². The Morgan fingerprint density at radius 3 is 1.61 bits per heavy atom. The number of hydrogen-bond donors (Lipinski definition) is 4. The third kappa shape index (κ3) is 8.41. The van der Waals surface area contributed by atoms with Gasteiger partial charge in [0.05, 0.1) is 0 Å². The zero-order valence-electron chi connectivity index (χ0n) is 14.6. The Balaban J connectivity index is 0.000000159. The second-order valence-electron chi connectivity index (χ2n) is 5.41. The predicted molar refractivity (Wildman–Crippen MR) is 125 cm³/mol. The van der Waals surface area contributed by atoms with Gasteiger partial charge >= 0.3 is 140 Å². The fourth-order valence-electron chi connectivity index (χ4n) is 1.97. The first-order chi connectivity index (χ1) is 13.5. The van der Waals surface area contributed by atoms with Gasteiger partial charge in [-0.05, 0) is 17.6 Å². The summed E-state index contributed by atoms with van der Waals surface area (Å²) in [4.78, 5) is 4.41. The summed E-state index contributed by atoms with van der Waals surface area (Å²) in [6, 6.07) is 21.5. The second-order valence-corrected chi connectivity index (χ2v) is 12.2. The molecular formula is C20H18BIO4Se2. The van der Waals surface area contributed by atoms with E-state index >= 15 is 0 Å². The zero-order valence-corrected chi connectivity index (χ0v) is 20.2. The molecule has 0 aliphatic heterocycles. The van der Waals surface area contributed by atoms with Gasteiger partial charge in [-0.15, -0.1) is 0 Å². The topological polar surface area (TPSA) is 80.9 Å². The van der Waals surface area contributed by atoms with Gasteiger partial charge in [-0.3, -0.25) is 0 Å². The molecule has 8 heteroatoms. The van der Waals surface area contributed by atoms with E-state index in [0.29, 0.717) is 40.2 Å². The Labute approximate surface area is 189 Å². The maximum absolute atomic E-state index is 9.07. The van der Waals surface area contributed by atoms with Gasteiger partial charge in [-0.25, -0.2) is 0 Å². The molecule has 4 aromatic rings. The molecule has 0 saturated carbocycles. The van der Waals surface area contributed by atoms with E-state index in [1.807, 2.05) is 12.1 Å². The molecule has 28 heavy (non-hydrogen) atoms. The quantitative estimate of drug-likeness (QED) is 0.206. The number of halogens is 1. The van der Waals surface area contributed by atoms with Crippen molar-refractivity contribution < 1.29 is 20.3 Å². The molecule has 0 spiro atoms. The molecular weight excluding hydrogens is 600 g/mol. The zero-order chi connectivity index (χ0) is 20.4. The van der Waals surface area contributed by atoms with Crippen LogP contribution in [0.5, 0.6) is 11.5 Å². The number of benzene rings is 2. The van der Waals surface area contributed by atoms with Crippen LogP contribution in [0.1, 0.15) is 0 Å². The van der Waals surface area contributed by atoms with Gasteiger partial charge < -0.3 is 15.2 Å². The van der Waals surface area contributed by atoms with Crippen molar-refractivity contribution in [2.45, 2.75) is 0 Å². The van der Waals surface area contributed by atoms with E-state index in [2.05, 4.69) is 56.7 Å². The molecule has 2 aromatic carbocycles. The summed E-state index contributed by atoms with van der Waals surface area (Å²) in [5.74, 6) is 0.446. The summed E-state index contributed by atoms with van der Waals surface area (Å²) in [6.45, 7) is 0. The normalized spacial score (nSPS) is 9.54. The number of aromatic hydroxyl groups is 2. The van der Waals surface area contributed by atoms with Gasteiger partial charge in [0, 0.05) is 0 Å². The van der Waals surface area contributed by atoms with Crippen molar-refractivity contribution in [3.63, 3.8) is 0 Å². The molecule has 0 amide bonds. The Hall–Kier alpha value is -1.25. The molecule has 0 aliphatic carbocycles. The Kier molecular flexibility index (Phi) is 10.2. The van der Waals surface area contributed by atoms with Crippen molar-refractivity contribution in [3.8, 4) is 21.5 Å². The molecule has 0 bridgehead atoms. The Morgan fingerprint density at radius 1 is 0.679 bits per heavy atom. The molecule has 2 aromatic heterocycles. The van der Waals surface area contributed by atoms with Crippen LogP contribution in [-0.4, -0.2) is 56.4 Å². The maximum atomic E-state index is 9.07. The molecule has 4 nitrogen and oxygen atoms in total. The van der Waals surface area contributed by atoms with Gasteiger partial charge in [0.25, 0.3) is 0 Å². The van der Waals surface area contributed by atoms with Gasteiger partial charge in [0.15, 0.2) is 0 Å². The molecule has 0 aliphatic rings. The SMILES string of the molecule is Ic1ccc[se]1.OB(O)c1ccc(O)cc1.Oc1ccc(-c2ccc[se]2)cc1. The van der Waals surface area contributed by atoms with E-state index in [1.165, 1.54) is 36.7 Å². The van der Waals surface area contributed by atoms with Gasteiger partial charge in [-0.1, -0.05) is 12.1 Å². The minimum absolute atomic E-state index is 0.115. The molecule has 0 radical (unpaired) electrons. The fraction of sp³-hybridized carbons (Fsp3) is 0. The monoisotopic (exact) mass is 620 g/mol. The first kappa shape index (κ1) is 23.0. The standard InChI is InChI=1S/C10H8OSe.C6H7BO3.C4H3ISe/c11-9-5-3-8(4-6-9)10-2-1-7-12-10;8-6-3-1-5(2-4-6)7(9)10;5-4-2-1-3-6-4/h1-7,11H;1-4,8-10H;1-3H. The first-order valence-electron chi connectivity index (χ1n) is 8.12. The van der Waals surface area contributed by atoms with E-state index in [-0.39, 0.29) is 5.75 Å². The molecule has 0 unspecified atom stereocenters. The summed E-state index contributed by atoms with van der Waals surface area (Å²) in [5, 5.41) is 35.0. The fourth-order valence-corrected chi connectivity index (χ4v) is 5.41. The third-order valence-electron chi connectivity index (χ3n) is 3.35. The predicted octanol–water partition coefficient (Wildman–Crippen LogP) is 2.54. The van der Waals surface area contributed by atoms with Crippen LogP contribution in [-0.2, 0) is 0 Å². The van der Waals surface area contributed by atoms with Crippen LogP contribution in [0.4, 0.5) is 0 Å². The summed E-state index contributed by atoms with van der Waals surface area (Å²) in [7, 11) is -1.46. The summed E-state index contributed by atoms with van der Waals surface area (Å²) in [5.41, 5.74) is 1.59. The van der Waals surface area contributed by atoms with Crippen molar-refractivity contribution in [2.75, 3.05) is 0 Å². The van der Waals surface area contributed by atoms with Crippen LogP contribution in [0, 0.1) is 2.44 Å². The molecule has 4 rings (SSSR count). The Bertz CT molecular complexity index is 910. The van der Waals surface area contributed by atoms with E-state index in [1.54, 1.807) is 12.1 Å². The molecule has 4 N–H and O–H groups in total. The van der Waals surface area contributed by atoms with E-state index in [9.17, 15) is 0 Å². The molecule has 0 saturated heterocycles. The van der Waals surface area contributed by atoms with Crippen LogP contribution in [0.25, 0.3) is 10.0 Å². The van der Waals surface area contributed by atoms with Crippen molar-refractivity contribution in [1.29, 1.82) is 0 Å². The molecule has 2 heterocycles. The minimum atomic E-state index is -1.46. The number of hydrogen-bond acceptors (Lipinski definition) is 4.